The van der Waals surface area contributed by atoms with Crippen molar-refractivity contribution in [1.29, 1.82) is 0 Å². The van der Waals surface area contributed by atoms with Crippen LogP contribution in [0.3, 0.4) is 0 Å². The van der Waals surface area contributed by atoms with Gasteiger partial charge in [0.25, 0.3) is 0 Å². The molecule has 1 aliphatic rings. The maximum atomic E-state index is 11.6. The lowest BCUT2D eigenvalue weighted by atomic mass is 10.2. The SMILES string of the molecule is O=C(N[C@@H]1C[C@@H]1c1cnc[nH]1)OCc1ccccc1. The molecule has 0 saturated heterocycles. The Hall–Kier alpha value is -2.30. The van der Waals surface area contributed by atoms with Crippen molar-refractivity contribution in [3.05, 3.63) is 54.1 Å². The highest BCUT2D eigenvalue weighted by Gasteiger charge is 2.40. The summed E-state index contributed by atoms with van der Waals surface area (Å²) < 4.78 is 5.17. The number of ether oxygens (including phenoxy) is 1. The monoisotopic (exact) mass is 257 g/mol. The molecule has 2 N–H and O–H groups in total. The summed E-state index contributed by atoms with van der Waals surface area (Å²) in [6, 6.07) is 9.79. The highest BCUT2D eigenvalue weighted by Crippen LogP contribution is 2.39. The molecule has 1 heterocycles. The maximum Gasteiger partial charge on any atom is 0.407 e. The van der Waals surface area contributed by atoms with Gasteiger partial charge in [0.05, 0.1) is 6.33 Å². The summed E-state index contributed by atoms with van der Waals surface area (Å²) in [7, 11) is 0. The topological polar surface area (TPSA) is 67.0 Å². The second-order valence-electron chi connectivity index (χ2n) is 4.66. The molecule has 5 heteroatoms. The van der Waals surface area contributed by atoms with Crippen LogP contribution in [0.2, 0.25) is 0 Å². The minimum atomic E-state index is -0.365. The highest BCUT2D eigenvalue weighted by molar-refractivity contribution is 5.68. The van der Waals surface area contributed by atoms with Crippen LogP contribution >= 0.6 is 0 Å². The number of hydrogen-bond acceptors (Lipinski definition) is 3. The highest BCUT2D eigenvalue weighted by atomic mass is 16.5. The first-order valence-corrected chi connectivity index (χ1v) is 6.28. The molecule has 1 fully saturated rings. The Balaban J connectivity index is 1.43. The van der Waals surface area contributed by atoms with Crippen LogP contribution in [0.1, 0.15) is 23.6 Å². The Bertz CT molecular complexity index is 539. The van der Waals surface area contributed by atoms with Gasteiger partial charge in [0.2, 0.25) is 0 Å². The number of amides is 1. The minimum absolute atomic E-state index is 0.156. The quantitative estimate of drug-likeness (QED) is 0.882. The number of benzene rings is 1. The van der Waals surface area contributed by atoms with E-state index in [1.54, 1.807) is 12.5 Å². The van der Waals surface area contributed by atoms with Crippen LogP contribution in [0.4, 0.5) is 4.79 Å². The number of nitrogens with one attached hydrogen (secondary N) is 2. The van der Waals surface area contributed by atoms with Crippen LogP contribution in [0, 0.1) is 0 Å². The first-order valence-electron chi connectivity index (χ1n) is 6.28. The standard InChI is InChI=1S/C14H15N3O2/c18-14(19-8-10-4-2-1-3-5-10)17-12-6-11(12)13-7-15-9-16-13/h1-5,7,9,11-12H,6,8H2,(H,15,16)(H,17,18)/t11-,12+/m0/s1. The molecule has 0 bridgehead atoms. The van der Waals surface area contributed by atoms with Gasteiger partial charge in [0, 0.05) is 23.9 Å². The summed E-state index contributed by atoms with van der Waals surface area (Å²) in [5.74, 6) is 0.340. The van der Waals surface area contributed by atoms with Crippen LogP contribution in [-0.4, -0.2) is 22.1 Å². The number of alkyl carbamates (subject to hydrolysis) is 1. The van der Waals surface area contributed by atoms with E-state index in [1.165, 1.54) is 0 Å². The molecule has 19 heavy (non-hydrogen) atoms. The average molecular weight is 257 g/mol. The Morgan fingerprint density at radius 2 is 2.26 bits per heavy atom. The second kappa shape index (κ2) is 5.14. The van der Waals surface area contributed by atoms with E-state index in [0.29, 0.717) is 12.5 Å². The van der Waals surface area contributed by atoms with Gasteiger partial charge in [-0.05, 0) is 12.0 Å². The zero-order chi connectivity index (χ0) is 13.1. The molecule has 0 unspecified atom stereocenters. The lowest BCUT2D eigenvalue weighted by molar-refractivity contribution is 0.139. The molecule has 0 radical (unpaired) electrons. The van der Waals surface area contributed by atoms with Crippen molar-refractivity contribution >= 4 is 6.09 Å². The fraction of sp³-hybridized carbons (Fsp3) is 0.286. The van der Waals surface area contributed by atoms with Gasteiger partial charge in [0.1, 0.15) is 6.61 Å². The first kappa shape index (κ1) is 11.8. The summed E-state index contributed by atoms with van der Waals surface area (Å²) in [5.41, 5.74) is 2.05. The summed E-state index contributed by atoms with van der Waals surface area (Å²) >= 11 is 0. The molecule has 0 spiro atoms. The number of hydrogen-bond donors (Lipinski definition) is 2. The van der Waals surface area contributed by atoms with Crippen LogP contribution in [0.5, 0.6) is 0 Å². The van der Waals surface area contributed by atoms with E-state index in [1.807, 2.05) is 30.3 Å². The Kier molecular flexibility index (Phi) is 3.18. The molecule has 2 aromatic rings. The van der Waals surface area contributed by atoms with E-state index in [9.17, 15) is 4.79 Å². The number of imidazole rings is 1. The normalized spacial score (nSPS) is 20.8. The number of rotatable bonds is 4. The minimum Gasteiger partial charge on any atom is -0.445 e. The maximum absolute atomic E-state index is 11.6. The Labute approximate surface area is 111 Å². The van der Waals surface area contributed by atoms with Crippen molar-refractivity contribution in [2.75, 3.05) is 0 Å². The smallest absolute Gasteiger partial charge is 0.407 e. The van der Waals surface area contributed by atoms with Crippen LogP contribution in [-0.2, 0) is 11.3 Å². The summed E-state index contributed by atoms with van der Waals surface area (Å²) in [6.45, 7) is 0.300. The number of H-pyrrole nitrogens is 1. The van der Waals surface area contributed by atoms with Gasteiger partial charge in [-0.2, -0.15) is 0 Å². The van der Waals surface area contributed by atoms with E-state index in [2.05, 4.69) is 15.3 Å². The van der Waals surface area contributed by atoms with Crippen molar-refractivity contribution in [3.8, 4) is 0 Å². The van der Waals surface area contributed by atoms with Gasteiger partial charge in [0.15, 0.2) is 0 Å². The van der Waals surface area contributed by atoms with Gasteiger partial charge in [-0.3, -0.25) is 0 Å². The number of aromatic amines is 1. The van der Waals surface area contributed by atoms with Crippen molar-refractivity contribution in [2.45, 2.75) is 25.0 Å². The molecule has 2 atom stereocenters. The van der Waals surface area contributed by atoms with E-state index < -0.39 is 0 Å². The molecule has 1 aromatic carbocycles. The summed E-state index contributed by atoms with van der Waals surface area (Å²) in [4.78, 5) is 18.7. The molecule has 0 aliphatic heterocycles. The number of carbonyl (C=O) groups excluding carboxylic acids is 1. The lowest BCUT2D eigenvalue weighted by Crippen LogP contribution is -2.27. The predicted octanol–water partition coefficient (Wildman–Crippen LogP) is 2.19. The average Bonchev–Trinajstić information content (AvgIpc) is 2.99. The van der Waals surface area contributed by atoms with Gasteiger partial charge >= 0.3 is 6.09 Å². The fourth-order valence-electron chi connectivity index (χ4n) is 2.08. The van der Waals surface area contributed by atoms with Crippen molar-refractivity contribution in [2.24, 2.45) is 0 Å². The Morgan fingerprint density at radius 1 is 1.42 bits per heavy atom. The third kappa shape index (κ3) is 2.93. The number of carbonyl (C=O) groups is 1. The van der Waals surface area contributed by atoms with Gasteiger partial charge in [-0.25, -0.2) is 9.78 Å². The van der Waals surface area contributed by atoms with E-state index in [0.717, 1.165) is 17.7 Å². The largest absolute Gasteiger partial charge is 0.445 e. The van der Waals surface area contributed by atoms with E-state index in [-0.39, 0.29) is 12.1 Å². The molecule has 3 rings (SSSR count). The molecule has 1 aromatic heterocycles. The van der Waals surface area contributed by atoms with Gasteiger partial charge in [-0.15, -0.1) is 0 Å². The molecule has 1 amide bonds. The van der Waals surface area contributed by atoms with Crippen LogP contribution < -0.4 is 5.32 Å². The Morgan fingerprint density at radius 3 is 3.00 bits per heavy atom. The third-order valence-corrected chi connectivity index (χ3v) is 3.23. The molecule has 98 valence electrons. The molecule has 5 nitrogen and oxygen atoms in total. The fourth-order valence-corrected chi connectivity index (χ4v) is 2.08. The summed E-state index contributed by atoms with van der Waals surface area (Å²) in [6.07, 6.45) is 4.01. The van der Waals surface area contributed by atoms with Gasteiger partial charge in [-0.1, -0.05) is 30.3 Å². The van der Waals surface area contributed by atoms with Crippen molar-refractivity contribution in [3.63, 3.8) is 0 Å². The van der Waals surface area contributed by atoms with Crippen molar-refractivity contribution < 1.29 is 9.53 Å². The van der Waals surface area contributed by atoms with E-state index in [4.69, 9.17) is 4.74 Å². The zero-order valence-corrected chi connectivity index (χ0v) is 10.4. The van der Waals surface area contributed by atoms with Gasteiger partial charge < -0.3 is 15.0 Å². The number of nitrogens with zero attached hydrogens (tertiary/aromatic N) is 1. The lowest BCUT2D eigenvalue weighted by Gasteiger charge is -2.06. The third-order valence-electron chi connectivity index (χ3n) is 3.23. The van der Waals surface area contributed by atoms with Crippen LogP contribution in [0.25, 0.3) is 0 Å². The molecular weight excluding hydrogens is 242 g/mol. The van der Waals surface area contributed by atoms with Crippen LogP contribution in [0.15, 0.2) is 42.9 Å². The molecule has 1 aliphatic carbocycles. The van der Waals surface area contributed by atoms with E-state index >= 15 is 0 Å². The second-order valence-corrected chi connectivity index (χ2v) is 4.66. The molecule has 1 saturated carbocycles. The first-order chi connectivity index (χ1) is 9.33. The predicted molar refractivity (Wildman–Crippen MR) is 69.5 cm³/mol. The number of aromatic nitrogens is 2. The zero-order valence-electron chi connectivity index (χ0n) is 10.4. The van der Waals surface area contributed by atoms with Crippen molar-refractivity contribution in [1.82, 2.24) is 15.3 Å². The summed E-state index contributed by atoms with van der Waals surface area (Å²) in [5, 5.41) is 2.85. The molecular formula is C14H15N3O2.